The molecule has 3 atom stereocenters. The number of aliphatic hydroxyl groups excluding tert-OH is 1. The Labute approximate surface area is 83.9 Å². The molecule has 0 aromatic rings. The van der Waals surface area contributed by atoms with E-state index in [0.717, 1.165) is 12.8 Å². The third kappa shape index (κ3) is 2.07. The molecule has 0 aromatic carbocycles. The van der Waals surface area contributed by atoms with Gasteiger partial charge in [0.1, 0.15) is 0 Å². The van der Waals surface area contributed by atoms with Crippen molar-refractivity contribution in [3.63, 3.8) is 0 Å². The molecular weight excluding hydrogens is 184 g/mol. The number of hydrogen-bond acceptors (Lipinski definition) is 3. The van der Waals surface area contributed by atoms with Crippen molar-refractivity contribution in [2.45, 2.75) is 51.9 Å². The number of rotatable bonds is 3. The summed E-state index contributed by atoms with van der Waals surface area (Å²) in [6.07, 6.45) is 0.469. The van der Waals surface area contributed by atoms with Gasteiger partial charge in [-0.3, -0.25) is 4.79 Å². The Kier molecular flexibility index (Phi) is 3.17. The van der Waals surface area contributed by atoms with Crippen LogP contribution in [0.1, 0.15) is 33.6 Å². The van der Waals surface area contributed by atoms with Gasteiger partial charge in [-0.05, 0) is 33.6 Å². The molecule has 1 rings (SSSR count). The van der Waals surface area contributed by atoms with E-state index in [2.05, 4.69) is 0 Å². The van der Waals surface area contributed by atoms with E-state index in [1.165, 1.54) is 13.8 Å². The highest BCUT2D eigenvalue weighted by atomic mass is 16.5. The Balaban J connectivity index is 2.65. The van der Waals surface area contributed by atoms with E-state index in [0.29, 0.717) is 0 Å². The lowest BCUT2D eigenvalue weighted by molar-refractivity contribution is -0.160. The van der Waals surface area contributed by atoms with Crippen molar-refractivity contribution in [2.75, 3.05) is 0 Å². The highest BCUT2D eigenvalue weighted by molar-refractivity contribution is 5.74. The third-order valence-corrected chi connectivity index (χ3v) is 2.91. The molecule has 4 heteroatoms. The van der Waals surface area contributed by atoms with Gasteiger partial charge in [-0.2, -0.15) is 0 Å². The first-order chi connectivity index (χ1) is 6.35. The first-order valence-electron chi connectivity index (χ1n) is 4.92. The summed E-state index contributed by atoms with van der Waals surface area (Å²) < 4.78 is 5.45. The minimum absolute atomic E-state index is 0.124. The van der Waals surface area contributed by atoms with Crippen LogP contribution in [-0.2, 0) is 9.53 Å². The average molecular weight is 202 g/mol. The Bertz CT molecular complexity index is 224. The van der Waals surface area contributed by atoms with Crippen LogP contribution in [0, 0.1) is 5.41 Å². The van der Waals surface area contributed by atoms with E-state index in [4.69, 9.17) is 9.84 Å². The van der Waals surface area contributed by atoms with Crippen LogP contribution in [0.5, 0.6) is 0 Å². The molecule has 0 saturated carbocycles. The summed E-state index contributed by atoms with van der Waals surface area (Å²) in [4.78, 5) is 10.9. The summed E-state index contributed by atoms with van der Waals surface area (Å²) in [5.74, 6) is -0.992. The maximum atomic E-state index is 10.9. The summed E-state index contributed by atoms with van der Waals surface area (Å²) in [5, 5.41) is 18.8. The number of carboxylic acids is 1. The van der Waals surface area contributed by atoms with Crippen LogP contribution in [0.15, 0.2) is 0 Å². The van der Waals surface area contributed by atoms with E-state index < -0.39 is 17.5 Å². The normalized spacial score (nSPS) is 30.3. The molecule has 1 aliphatic rings. The van der Waals surface area contributed by atoms with E-state index in [9.17, 15) is 9.90 Å². The number of ether oxygens (including phenoxy) is 1. The monoisotopic (exact) mass is 202 g/mol. The molecule has 0 aromatic heterocycles. The van der Waals surface area contributed by atoms with Crippen LogP contribution in [0.3, 0.4) is 0 Å². The smallest absolute Gasteiger partial charge is 0.311 e. The number of aliphatic carboxylic acids is 1. The predicted octanol–water partition coefficient (Wildman–Crippen LogP) is 1.03. The van der Waals surface area contributed by atoms with Crippen molar-refractivity contribution in [3.05, 3.63) is 0 Å². The third-order valence-electron chi connectivity index (χ3n) is 2.91. The quantitative estimate of drug-likeness (QED) is 0.717. The van der Waals surface area contributed by atoms with E-state index >= 15 is 0 Å². The fourth-order valence-electron chi connectivity index (χ4n) is 1.66. The van der Waals surface area contributed by atoms with Crippen molar-refractivity contribution in [1.29, 1.82) is 0 Å². The summed E-state index contributed by atoms with van der Waals surface area (Å²) >= 11 is 0. The van der Waals surface area contributed by atoms with Crippen LogP contribution in [0.4, 0.5) is 0 Å². The standard InChI is InChI=1S/C10H18O4/c1-6-4-5-7(14-6)8(11)10(2,3)9(12)13/h6-8,11H,4-5H2,1-3H3,(H,12,13). The second-order valence-electron chi connectivity index (χ2n) is 4.53. The molecule has 4 nitrogen and oxygen atoms in total. The van der Waals surface area contributed by atoms with Gasteiger partial charge in [0.25, 0.3) is 0 Å². The Morgan fingerprint density at radius 3 is 2.43 bits per heavy atom. The highest BCUT2D eigenvalue weighted by Gasteiger charge is 2.43. The Morgan fingerprint density at radius 2 is 2.07 bits per heavy atom. The minimum atomic E-state index is -1.14. The Hall–Kier alpha value is -0.610. The van der Waals surface area contributed by atoms with Gasteiger partial charge >= 0.3 is 5.97 Å². The first kappa shape index (κ1) is 11.5. The topological polar surface area (TPSA) is 66.8 Å². The van der Waals surface area contributed by atoms with Gasteiger partial charge < -0.3 is 14.9 Å². The summed E-state index contributed by atoms with van der Waals surface area (Å²) in [5.41, 5.74) is -1.14. The minimum Gasteiger partial charge on any atom is -0.481 e. The van der Waals surface area contributed by atoms with Crippen molar-refractivity contribution in [3.8, 4) is 0 Å². The van der Waals surface area contributed by atoms with Gasteiger partial charge in [-0.1, -0.05) is 0 Å². The van der Waals surface area contributed by atoms with Crippen molar-refractivity contribution in [2.24, 2.45) is 5.41 Å². The number of carbonyl (C=O) groups is 1. The molecule has 3 unspecified atom stereocenters. The molecule has 0 spiro atoms. The van der Waals surface area contributed by atoms with Gasteiger partial charge in [-0.25, -0.2) is 0 Å². The van der Waals surface area contributed by atoms with Crippen LogP contribution < -0.4 is 0 Å². The zero-order valence-electron chi connectivity index (χ0n) is 8.86. The van der Waals surface area contributed by atoms with Crippen LogP contribution in [-0.4, -0.2) is 34.5 Å². The summed E-state index contributed by atoms with van der Waals surface area (Å²) in [6, 6.07) is 0. The van der Waals surface area contributed by atoms with E-state index in [-0.39, 0.29) is 12.2 Å². The van der Waals surface area contributed by atoms with Crippen molar-refractivity contribution >= 4 is 5.97 Å². The largest absolute Gasteiger partial charge is 0.481 e. The second kappa shape index (κ2) is 3.87. The molecule has 1 heterocycles. The molecule has 82 valence electrons. The summed E-state index contributed by atoms with van der Waals surface area (Å²) in [7, 11) is 0. The predicted molar refractivity (Wildman–Crippen MR) is 51.0 cm³/mol. The maximum absolute atomic E-state index is 10.9. The van der Waals surface area contributed by atoms with Crippen molar-refractivity contribution in [1.82, 2.24) is 0 Å². The fourth-order valence-corrected chi connectivity index (χ4v) is 1.66. The molecule has 2 N–H and O–H groups in total. The van der Waals surface area contributed by atoms with E-state index in [1.807, 2.05) is 6.92 Å². The zero-order chi connectivity index (χ0) is 10.9. The molecule has 1 fully saturated rings. The number of carboxylic acid groups (broad SMARTS) is 1. The Morgan fingerprint density at radius 1 is 1.50 bits per heavy atom. The molecular formula is C10H18O4. The SMILES string of the molecule is CC1CCC(C(O)C(C)(C)C(=O)O)O1. The molecule has 0 bridgehead atoms. The van der Waals surface area contributed by atoms with Crippen molar-refractivity contribution < 1.29 is 19.7 Å². The molecule has 14 heavy (non-hydrogen) atoms. The molecule has 1 aliphatic heterocycles. The number of aliphatic hydroxyl groups is 1. The molecule has 0 aliphatic carbocycles. The average Bonchev–Trinajstić information content (AvgIpc) is 2.50. The highest BCUT2D eigenvalue weighted by Crippen LogP contribution is 2.31. The fraction of sp³-hybridized carbons (Fsp3) is 0.900. The van der Waals surface area contributed by atoms with Gasteiger partial charge in [0.2, 0.25) is 0 Å². The van der Waals surface area contributed by atoms with Crippen LogP contribution in [0.2, 0.25) is 0 Å². The van der Waals surface area contributed by atoms with E-state index in [1.54, 1.807) is 0 Å². The molecule has 0 amide bonds. The van der Waals surface area contributed by atoms with Gasteiger partial charge in [0, 0.05) is 0 Å². The van der Waals surface area contributed by atoms with Gasteiger partial charge in [0.05, 0.1) is 23.7 Å². The van der Waals surface area contributed by atoms with Gasteiger partial charge in [-0.15, -0.1) is 0 Å². The number of hydrogen-bond donors (Lipinski definition) is 2. The van der Waals surface area contributed by atoms with Crippen LogP contribution in [0.25, 0.3) is 0 Å². The molecule has 1 saturated heterocycles. The second-order valence-corrected chi connectivity index (χ2v) is 4.53. The lowest BCUT2D eigenvalue weighted by atomic mass is 9.83. The first-order valence-corrected chi connectivity index (χ1v) is 4.92. The molecule has 0 radical (unpaired) electrons. The summed E-state index contributed by atoms with van der Waals surface area (Å²) in [6.45, 7) is 4.97. The van der Waals surface area contributed by atoms with Gasteiger partial charge in [0.15, 0.2) is 0 Å². The zero-order valence-corrected chi connectivity index (χ0v) is 8.86. The maximum Gasteiger partial charge on any atom is 0.311 e. The lowest BCUT2D eigenvalue weighted by Gasteiger charge is -2.30. The lowest BCUT2D eigenvalue weighted by Crippen LogP contribution is -2.44. The van der Waals surface area contributed by atoms with Crippen LogP contribution >= 0.6 is 0 Å².